The molecule has 88 valence electrons. The predicted molar refractivity (Wildman–Crippen MR) is 60.1 cm³/mol. The molecular formula is C11H14O4S. The molecule has 0 fully saturated rings. The molecule has 0 amide bonds. The normalized spacial score (nSPS) is 11.3. The van der Waals surface area contributed by atoms with Gasteiger partial charge in [0.15, 0.2) is 9.84 Å². The fraction of sp³-hybridized carbons (Fsp3) is 0.364. The van der Waals surface area contributed by atoms with Crippen molar-refractivity contribution in [2.45, 2.75) is 24.7 Å². The van der Waals surface area contributed by atoms with Crippen molar-refractivity contribution in [3.05, 3.63) is 29.8 Å². The average Bonchev–Trinajstić information content (AvgIpc) is 2.17. The number of aliphatic carboxylic acids is 1. The lowest BCUT2D eigenvalue weighted by molar-refractivity contribution is -0.136. The number of carbonyl (C=O) groups is 1. The lowest BCUT2D eigenvalue weighted by atomic mass is 10.2. The summed E-state index contributed by atoms with van der Waals surface area (Å²) in [6.07, 6.45) is 0.390. The van der Waals surface area contributed by atoms with Gasteiger partial charge in [0, 0.05) is 0 Å². The smallest absolute Gasteiger partial charge is 0.307 e. The summed E-state index contributed by atoms with van der Waals surface area (Å²) in [5.74, 6) is -0.881. The molecule has 0 heterocycles. The van der Waals surface area contributed by atoms with Crippen LogP contribution < -0.4 is 0 Å². The molecule has 4 nitrogen and oxygen atoms in total. The van der Waals surface area contributed by atoms with Gasteiger partial charge in [0.1, 0.15) is 0 Å². The largest absolute Gasteiger partial charge is 0.481 e. The van der Waals surface area contributed by atoms with E-state index < -0.39 is 15.8 Å². The molecule has 1 aromatic carbocycles. The lowest BCUT2D eigenvalue weighted by Gasteiger charge is -2.04. The Bertz CT molecular complexity index is 477. The van der Waals surface area contributed by atoms with Crippen molar-refractivity contribution in [1.82, 2.24) is 0 Å². The second-order valence-corrected chi connectivity index (χ2v) is 5.65. The lowest BCUT2D eigenvalue weighted by Crippen LogP contribution is -2.07. The first kappa shape index (κ1) is 12.7. The minimum atomic E-state index is -3.26. The Balaban J connectivity index is 3.03. The van der Waals surface area contributed by atoms with Gasteiger partial charge in [0.2, 0.25) is 0 Å². The molecule has 0 radical (unpaired) electrons. The van der Waals surface area contributed by atoms with Gasteiger partial charge in [-0.1, -0.05) is 19.1 Å². The van der Waals surface area contributed by atoms with Crippen LogP contribution in [0.1, 0.15) is 18.9 Å². The first-order valence-corrected chi connectivity index (χ1v) is 6.64. The van der Waals surface area contributed by atoms with Gasteiger partial charge in [-0.15, -0.1) is 0 Å². The van der Waals surface area contributed by atoms with Crippen LogP contribution in [-0.4, -0.2) is 25.2 Å². The minimum absolute atomic E-state index is 0.0868. The Morgan fingerprint density at radius 3 is 2.62 bits per heavy atom. The number of hydrogen-bond donors (Lipinski definition) is 1. The molecule has 0 saturated carbocycles. The molecule has 0 atom stereocenters. The van der Waals surface area contributed by atoms with Gasteiger partial charge < -0.3 is 5.11 Å². The number of sulfone groups is 1. The van der Waals surface area contributed by atoms with Crippen LogP contribution in [0.5, 0.6) is 0 Å². The summed E-state index contributed by atoms with van der Waals surface area (Å²) in [5, 5.41) is 8.61. The summed E-state index contributed by atoms with van der Waals surface area (Å²) in [7, 11) is -3.26. The van der Waals surface area contributed by atoms with Crippen LogP contribution in [0, 0.1) is 0 Å². The first-order valence-electron chi connectivity index (χ1n) is 4.99. The molecule has 1 rings (SSSR count). The second kappa shape index (κ2) is 5.12. The standard InChI is InChI=1S/C11H14O4S/c1-2-6-16(14,15)10-5-3-4-9(7-10)8-11(12)13/h3-5,7H,2,6,8H2,1H3,(H,12,13). The van der Waals surface area contributed by atoms with E-state index in [1.807, 2.05) is 0 Å². The molecule has 5 heteroatoms. The zero-order chi connectivity index (χ0) is 12.2. The summed E-state index contributed by atoms with van der Waals surface area (Å²) in [6.45, 7) is 1.79. The van der Waals surface area contributed by atoms with Gasteiger partial charge in [-0.3, -0.25) is 4.79 Å². The van der Waals surface area contributed by atoms with Crippen LogP contribution in [0.2, 0.25) is 0 Å². The topological polar surface area (TPSA) is 71.4 Å². The maximum atomic E-state index is 11.7. The Labute approximate surface area is 94.8 Å². The van der Waals surface area contributed by atoms with Crippen molar-refractivity contribution in [2.24, 2.45) is 0 Å². The molecule has 0 spiro atoms. The van der Waals surface area contributed by atoms with Gasteiger partial charge in [-0.05, 0) is 24.1 Å². The van der Waals surface area contributed by atoms with E-state index in [0.29, 0.717) is 12.0 Å². The van der Waals surface area contributed by atoms with Crippen LogP contribution in [0.15, 0.2) is 29.2 Å². The molecule has 0 aliphatic heterocycles. The highest BCUT2D eigenvalue weighted by Crippen LogP contribution is 2.14. The monoisotopic (exact) mass is 242 g/mol. The summed E-state index contributed by atoms with van der Waals surface area (Å²) >= 11 is 0. The summed E-state index contributed by atoms with van der Waals surface area (Å²) in [5.41, 5.74) is 0.504. The van der Waals surface area contributed by atoms with Crippen LogP contribution >= 0.6 is 0 Å². The zero-order valence-electron chi connectivity index (χ0n) is 9.01. The number of rotatable bonds is 5. The van der Waals surface area contributed by atoms with Crippen molar-refractivity contribution in [3.63, 3.8) is 0 Å². The fourth-order valence-corrected chi connectivity index (χ4v) is 2.80. The highest BCUT2D eigenvalue weighted by atomic mass is 32.2. The van der Waals surface area contributed by atoms with Crippen molar-refractivity contribution in [2.75, 3.05) is 5.75 Å². The van der Waals surface area contributed by atoms with E-state index in [1.165, 1.54) is 12.1 Å². The molecule has 0 aromatic heterocycles. The molecule has 1 aromatic rings. The summed E-state index contributed by atoms with van der Waals surface area (Å²) < 4.78 is 23.4. The average molecular weight is 242 g/mol. The van der Waals surface area contributed by atoms with E-state index in [4.69, 9.17) is 5.11 Å². The Morgan fingerprint density at radius 1 is 1.38 bits per heavy atom. The second-order valence-electron chi connectivity index (χ2n) is 3.54. The van der Waals surface area contributed by atoms with Gasteiger partial charge in [-0.25, -0.2) is 8.42 Å². The third kappa shape index (κ3) is 3.34. The van der Waals surface area contributed by atoms with Gasteiger partial charge in [0.05, 0.1) is 17.1 Å². The Kier molecular flexibility index (Phi) is 4.06. The minimum Gasteiger partial charge on any atom is -0.481 e. The highest BCUT2D eigenvalue weighted by molar-refractivity contribution is 7.91. The first-order chi connectivity index (χ1) is 7.45. The van der Waals surface area contributed by atoms with E-state index in [9.17, 15) is 13.2 Å². The van der Waals surface area contributed by atoms with Crippen LogP contribution in [0.3, 0.4) is 0 Å². The molecule has 0 bridgehead atoms. The van der Waals surface area contributed by atoms with Crippen LogP contribution in [-0.2, 0) is 21.1 Å². The molecule has 0 aliphatic carbocycles. The Morgan fingerprint density at radius 2 is 2.06 bits per heavy atom. The number of carboxylic acids is 1. The van der Waals surface area contributed by atoms with E-state index >= 15 is 0 Å². The third-order valence-corrected chi connectivity index (χ3v) is 4.00. The SMILES string of the molecule is CCCS(=O)(=O)c1cccc(CC(=O)O)c1. The zero-order valence-corrected chi connectivity index (χ0v) is 9.83. The van der Waals surface area contributed by atoms with E-state index in [-0.39, 0.29) is 17.1 Å². The maximum absolute atomic E-state index is 11.7. The van der Waals surface area contributed by atoms with Crippen molar-refractivity contribution < 1.29 is 18.3 Å². The predicted octanol–water partition coefficient (Wildman–Crippen LogP) is 1.50. The van der Waals surface area contributed by atoms with Crippen molar-refractivity contribution in [3.8, 4) is 0 Å². The molecular weight excluding hydrogens is 228 g/mol. The maximum Gasteiger partial charge on any atom is 0.307 e. The van der Waals surface area contributed by atoms with Gasteiger partial charge >= 0.3 is 5.97 Å². The molecule has 1 N–H and O–H groups in total. The molecule has 0 saturated heterocycles. The van der Waals surface area contributed by atoms with Crippen molar-refractivity contribution >= 4 is 15.8 Å². The fourth-order valence-electron chi connectivity index (χ4n) is 1.41. The van der Waals surface area contributed by atoms with E-state index in [2.05, 4.69) is 0 Å². The molecule has 16 heavy (non-hydrogen) atoms. The summed E-state index contributed by atoms with van der Waals surface area (Å²) in [4.78, 5) is 10.7. The summed E-state index contributed by atoms with van der Waals surface area (Å²) in [6, 6.07) is 6.11. The van der Waals surface area contributed by atoms with Crippen molar-refractivity contribution in [1.29, 1.82) is 0 Å². The number of hydrogen-bond acceptors (Lipinski definition) is 3. The third-order valence-electron chi connectivity index (χ3n) is 2.09. The molecule has 0 unspecified atom stereocenters. The number of carboxylic acid groups (broad SMARTS) is 1. The highest BCUT2D eigenvalue weighted by Gasteiger charge is 2.13. The number of benzene rings is 1. The van der Waals surface area contributed by atoms with E-state index in [0.717, 1.165) is 0 Å². The van der Waals surface area contributed by atoms with Gasteiger partial charge in [0.25, 0.3) is 0 Å². The quantitative estimate of drug-likeness (QED) is 0.849. The Hall–Kier alpha value is -1.36. The van der Waals surface area contributed by atoms with Crippen LogP contribution in [0.4, 0.5) is 0 Å². The van der Waals surface area contributed by atoms with E-state index in [1.54, 1.807) is 19.1 Å². The molecule has 0 aliphatic rings. The van der Waals surface area contributed by atoms with Crippen LogP contribution in [0.25, 0.3) is 0 Å². The van der Waals surface area contributed by atoms with Gasteiger partial charge in [-0.2, -0.15) is 0 Å².